The number of nitrogens with zero attached hydrogens (tertiary/aromatic N) is 1. The standard InChI is InChI=1S/C8H10FN3O/c1-2-10-8(13)12-6-3-4-7(9)11-5-6/h3-5H,2H2,1H3,(H2,10,12,13). The average Bonchev–Trinajstić information content (AvgIpc) is 2.09. The number of anilines is 1. The zero-order valence-corrected chi connectivity index (χ0v) is 7.17. The first kappa shape index (κ1) is 9.44. The molecule has 0 aliphatic heterocycles. The SMILES string of the molecule is CCNC(=O)Nc1ccc(F)nc1. The Morgan fingerprint density at radius 1 is 1.62 bits per heavy atom. The number of urea groups is 1. The molecule has 0 aliphatic rings. The third-order valence-electron chi connectivity index (χ3n) is 1.32. The highest BCUT2D eigenvalue weighted by atomic mass is 19.1. The van der Waals surface area contributed by atoms with Crippen LogP contribution in [0.2, 0.25) is 0 Å². The molecule has 1 aromatic rings. The highest BCUT2D eigenvalue weighted by molar-refractivity contribution is 5.88. The monoisotopic (exact) mass is 183 g/mol. The predicted molar refractivity (Wildman–Crippen MR) is 46.9 cm³/mol. The molecule has 1 heterocycles. The molecule has 1 rings (SSSR count). The van der Waals surface area contributed by atoms with Crippen LogP contribution in [0.3, 0.4) is 0 Å². The maximum Gasteiger partial charge on any atom is 0.319 e. The molecule has 4 nitrogen and oxygen atoms in total. The first-order valence-corrected chi connectivity index (χ1v) is 3.88. The minimum Gasteiger partial charge on any atom is -0.338 e. The van der Waals surface area contributed by atoms with E-state index in [-0.39, 0.29) is 6.03 Å². The van der Waals surface area contributed by atoms with Crippen LogP contribution in [0, 0.1) is 5.95 Å². The molecule has 0 unspecified atom stereocenters. The van der Waals surface area contributed by atoms with Crippen LogP contribution in [0.4, 0.5) is 14.9 Å². The third kappa shape index (κ3) is 3.06. The van der Waals surface area contributed by atoms with Crippen molar-refractivity contribution in [1.29, 1.82) is 0 Å². The normalized spacial score (nSPS) is 9.38. The zero-order chi connectivity index (χ0) is 9.68. The Balaban J connectivity index is 2.54. The number of carbonyl (C=O) groups is 1. The summed E-state index contributed by atoms with van der Waals surface area (Å²) in [6.45, 7) is 2.35. The van der Waals surface area contributed by atoms with Gasteiger partial charge in [0.05, 0.1) is 11.9 Å². The van der Waals surface area contributed by atoms with Crippen LogP contribution in [0.5, 0.6) is 0 Å². The molecule has 0 atom stereocenters. The molecule has 70 valence electrons. The fourth-order valence-corrected chi connectivity index (χ4v) is 0.786. The summed E-state index contributed by atoms with van der Waals surface area (Å²) in [6, 6.07) is 2.30. The van der Waals surface area contributed by atoms with Crippen LogP contribution >= 0.6 is 0 Å². The molecule has 0 aromatic carbocycles. The van der Waals surface area contributed by atoms with E-state index in [1.807, 2.05) is 6.92 Å². The molecule has 0 bridgehead atoms. The van der Waals surface area contributed by atoms with Crippen LogP contribution in [-0.4, -0.2) is 17.6 Å². The van der Waals surface area contributed by atoms with Gasteiger partial charge >= 0.3 is 6.03 Å². The molecular weight excluding hydrogens is 173 g/mol. The summed E-state index contributed by atoms with van der Waals surface area (Å²) in [4.78, 5) is 14.3. The quantitative estimate of drug-likeness (QED) is 0.680. The molecule has 0 spiro atoms. The van der Waals surface area contributed by atoms with Crippen molar-refractivity contribution in [2.45, 2.75) is 6.92 Å². The van der Waals surface area contributed by atoms with E-state index in [9.17, 15) is 9.18 Å². The van der Waals surface area contributed by atoms with Crippen LogP contribution < -0.4 is 10.6 Å². The van der Waals surface area contributed by atoms with E-state index in [0.29, 0.717) is 12.2 Å². The van der Waals surface area contributed by atoms with Crippen LogP contribution in [0.25, 0.3) is 0 Å². The Morgan fingerprint density at radius 2 is 2.38 bits per heavy atom. The van der Waals surface area contributed by atoms with Crippen molar-refractivity contribution in [1.82, 2.24) is 10.3 Å². The van der Waals surface area contributed by atoms with E-state index < -0.39 is 5.95 Å². The fourth-order valence-electron chi connectivity index (χ4n) is 0.786. The molecular formula is C8H10FN3O. The summed E-state index contributed by atoms with van der Waals surface area (Å²) >= 11 is 0. The van der Waals surface area contributed by atoms with E-state index in [1.165, 1.54) is 18.3 Å². The Labute approximate surface area is 75.2 Å². The zero-order valence-electron chi connectivity index (χ0n) is 7.17. The maximum atomic E-state index is 12.3. The lowest BCUT2D eigenvalue weighted by atomic mass is 10.4. The van der Waals surface area contributed by atoms with Gasteiger partial charge in [-0.15, -0.1) is 0 Å². The Hall–Kier alpha value is -1.65. The second-order valence-electron chi connectivity index (χ2n) is 2.35. The topological polar surface area (TPSA) is 54.0 Å². The van der Waals surface area contributed by atoms with Crippen molar-refractivity contribution in [3.05, 3.63) is 24.3 Å². The Kier molecular flexibility index (Phi) is 3.19. The molecule has 2 N–H and O–H groups in total. The van der Waals surface area contributed by atoms with Crippen LogP contribution in [-0.2, 0) is 0 Å². The summed E-state index contributed by atoms with van der Waals surface area (Å²) in [5, 5.41) is 5.03. The van der Waals surface area contributed by atoms with Gasteiger partial charge in [0.15, 0.2) is 0 Å². The van der Waals surface area contributed by atoms with E-state index in [4.69, 9.17) is 0 Å². The summed E-state index contributed by atoms with van der Waals surface area (Å²) in [7, 11) is 0. The third-order valence-corrected chi connectivity index (χ3v) is 1.32. The van der Waals surface area contributed by atoms with Gasteiger partial charge in [-0.2, -0.15) is 4.39 Å². The molecule has 0 saturated heterocycles. The number of aromatic nitrogens is 1. The lowest BCUT2D eigenvalue weighted by Gasteiger charge is -2.04. The first-order chi connectivity index (χ1) is 6.22. The minimum absolute atomic E-state index is 0.323. The molecule has 13 heavy (non-hydrogen) atoms. The number of halogens is 1. The lowest BCUT2D eigenvalue weighted by Crippen LogP contribution is -2.28. The van der Waals surface area contributed by atoms with Gasteiger partial charge < -0.3 is 10.6 Å². The Morgan fingerprint density at radius 3 is 2.92 bits per heavy atom. The number of amides is 2. The van der Waals surface area contributed by atoms with Gasteiger partial charge in [0.1, 0.15) is 0 Å². The summed E-state index contributed by atoms with van der Waals surface area (Å²) < 4.78 is 12.3. The average molecular weight is 183 g/mol. The highest BCUT2D eigenvalue weighted by Gasteiger charge is 1.99. The van der Waals surface area contributed by atoms with Gasteiger partial charge in [-0.05, 0) is 19.1 Å². The Bertz CT molecular complexity index is 286. The smallest absolute Gasteiger partial charge is 0.319 e. The predicted octanol–water partition coefficient (Wildman–Crippen LogP) is 1.36. The van der Waals surface area contributed by atoms with Gasteiger partial charge in [-0.1, -0.05) is 0 Å². The molecule has 2 amide bonds. The maximum absolute atomic E-state index is 12.3. The van der Waals surface area contributed by atoms with E-state index >= 15 is 0 Å². The van der Waals surface area contributed by atoms with Gasteiger partial charge in [-0.3, -0.25) is 0 Å². The van der Waals surface area contributed by atoms with Crippen LogP contribution in [0.15, 0.2) is 18.3 Å². The van der Waals surface area contributed by atoms with Gasteiger partial charge in [-0.25, -0.2) is 9.78 Å². The number of carbonyl (C=O) groups excluding carboxylic acids is 1. The van der Waals surface area contributed by atoms with Crippen molar-refractivity contribution in [3.63, 3.8) is 0 Å². The van der Waals surface area contributed by atoms with E-state index in [1.54, 1.807) is 0 Å². The molecule has 0 radical (unpaired) electrons. The number of hydrogen-bond donors (Lipinski definition) is 2. The highest BCUT2D eigenvalue weighted by Crippen LogP contribution is 2.04. The van der Waals surface area contributed by atoms with Gasteiger partial charge in [0.2, 0.25) is 5.95 Å². The van der Waals surface area contributed by atoms with Gasteiger partial charge in [0, 0.05) is 6.54 Å². The van der Waals surface area contributed by atoms with Gasteiger partial charge in [0.25, 0.3) is 0 Å². The summed E-state index contributed by atoms with van der Waals surface area (Å²) in [5.74, 6) is -0.568. The number of nitrogens with one attached hydrogen (secondary N) is 2. The van der Waals surface area contributed by atoms with Crippen molar-refractivity contribution >= 4 is 11.7 Å². The number of hydrogen-bond acceptors (Lipinski definition) is 2. The largest absolute Gasteiger partial charge is 0.338 e. The van der Waals surface area contributed by atoms with Crippen LogP contribution in [0.1, 0.15) is 6.92 Å². The second-order valence-corrected chi connectivity index (χ2v) is 2.35. The van der Waals surface area contributed by atoms with E-state index in [2.05, 4.69) is 15.6 Å². The molecule has 1 aromatic heterocycles. The number of pyridine rings is 1. The van der Waals surface area contributed by atoms with Crippen molar-refractivity contribution in [2.75, 3.05) is 11.9 Å². The molecule has 0 saturated carbocycles. The fraction of sp³-hybridized carbons (Fsp3) is 0.250. The first-order valence-electron chi connectivity index (χ1n) is 3.88. The van der Waals surface area contributed by atoms with Crippen molar-refractivity contribution < 1.29 is 9.18 Å². The summed E-state index contributed by atoms with van der Waals surface area (Å²) in [6.07, 6.45) is 1.25. The molecule has 0 fully saturated rings. The van der Waals surface area contributed by atoms with Crippen molar-refractivity contribution in [3.8, 4) is 0 Å². The van der Waals surface area contributed by atoms with E-state index in [0.717, 1.165) is 0 Å². The summed E-state index contributed by atoms with van der Waals surface area (Å²) in [5.41, 5.74) is 0.465. The number of rotatable bonds is 2. The second kappa shape index (κ2) is 4.39. The van der Waals surface area contributed by atoms with Crippen molar-refractivity contribution in [2.24, 2.45) is 0 Å². The molecule has 5 heteroatoms. The molecule has 0 aliphatic carbocycles. The minimum atomic E-state index is -0.568. The lowest BCUT2D eigenvalue weighted by molar-refractivity contribution is 0.252.